The summed E-state index contributed by atoms with van der Waals surface area (Å²) in [7, 11) is 0. The van der Waals surface area contributed by atoms with Crippen molar-refractivity contribution in [1.82, 2.24) is 5.32 Å². The van der Waals surface area contributed by atoms with E-state index in [0.29, 0.717) is 23.7 Å². The molecule has 0 bridgehead atoms. The maximum absolute atomic E-state index is 11.5. The van der Waals surface area contributed by atoms with E-state index in [-0.39, 0.29) is 18.6 Å². The summed E-state index contributed by atoms with van der Waals surface area (Å²) in [4.78, 5) is 11.5. The van der Waals surface area contributed by atoms with E-state index in [4.69, 9.17) is 16.7 Å². The van der Waals surface area contributed by atoms with E-state index in [0.717, 1.165) is 0 Å². The van der Waals surface area contributed by atoms with Gasteiger partial charge in [0, 0.05) is 0 Å². The van der Waals surface area contributed by atoms with Gasteiger partial charge in [0.2, 0.25) is 5.91 Å². The summed E-state index contributed by atoms with van der Waals surface area (Å²) in [5, 5.41) is 15.2. The zero-order chi connectivity index (χ0) is 12.7. The molecule has 94 valence electrons. The summed E-state index contributed by atoms with van der Waals surface area (Å²) in [5.41, 5.74) is 0.608. The van der Waals surface area contributed by atoms with Crippen molar-refractivity contribution in [3.05, 3.63) is 29.3 Å². The number of rotatable bonds is 6. The number of nitrogens with one attached hydrogen (secondary N) is 2. The fourth-order valence-electron chi connectivity index (χ4n) is 1.27. The normalized spacial score (nSPS) is 12.2. The number of carbonyl (C=O) groups excluding carboxylic acids is 1. The topological polar surface area (TPSA) is 61.4 Å². The first kappa shape index (κ1) is 14.0. The van der Waals surface area contributed by atoms with Crippen LogP contribution in [0.5, 0.6) is 0 Å². The summed E-state index contributed by atoms with van der Waals surface area (Å²) in [5.74, 6) is -0.149. The highest BCUT2D eigenvalue weighted by Crippen LogP contribution is 2.19. The molecule has 0 aliphatic carbocycles. The van der Waals surface area contributed by atoms with Crippen molar-refractivity contribution in [2.45, 2.75) is 19.4 Å². The Hall–Kier alpha value is -1.10. The van der Waals surface area contributed by atoms with Crippen LogP contribution in [0.3, 0.4) is 0 Å². The second-order valence-electron chi connectivity index (χ2n) is 3.84. The average molecular weight is 257 g/mol. The monoisotopic (exact) mass is 256 g/mol. The predicted molar refractivity (Wildman–Crippen MR) is 69.2 cm³/mol. The summed E-state index contributed by atoms with van der Waals surface area (Å²) >= 11 is 5.90. The van der Waals surface area contributed by atoms with E-state index in [1.807, 2.05) is 6.07 Å². The standard InChI is InChI=1S/C12H17ClN2O2/c1-9(16)6-7-14-8-12(17)15-11-5-3-2-4-10(11)13/h2-5,9,14,16H,6-8H2,1H3,(H,15,17). The number of hydrogen-bond donors (Lipinski definition) is 3. The first-order valence-electron chi connectivity index (χ1n) is 5.52. The van der Waals surface area contributed by atoms with Crippen LogP contribution in [0.15, 0.2) is 24.3 Å². The van der Waals surface area contributed by atoms with E-state index in [1.54, 1.807) is 25.1 Å². The lowest BCUT2D eigenvalue weighted by molar-refractivity contribution is -0.115. The van der Waals surface area contributed by atoms with Gasteiger partial charge in [-0.2, -0.15) is 0 Å². The predicted octanol–water partition coefficient (Wildman–Crippen LogP) is 1.64. The summed E-state index contributed by atoms with van der Waals surface area (Å²) in [6.07, 6.45) is 0.272. The molecule has 0 fully saturated rings. The van der Waals surface area contributed by atoms with Gasteiger partial charge in [0.15, 0.2) is 0 Å². The molecule has 0 saturated heterocycles. The van der Waals surface area contributed by atoms with Crippen molar-refractivity contribution in [3.8, 4) is 0 Å². The molecule has 0 radical (unpaired) electrons. The number of hydrogen-bond acceptors (Lipinski definition) is 3. The maximum atomic E-state index is 11.5. The molecule has 3 N–H and O–H groups in total. The molecule has 4 nitrogen and oxygen atoms in total. The van der Waals surface area contributed by atoms with Gasteiger partial charge >= 0.3 is 0 Å². The van der Waals surface area contributed by atoms with Crippen molar-refractivity contribution >= 4 is 23.2 Å². The van der Waals surface area contributed by atoms with Crippen LogP contribution in [0.4, 0.5) is 5.69 Å². The fraction of sp³-hybridized carbons (Fsp3) is 0.417. The smallest absolute Gasteiger partial charge is 0.238 e. The van der Waals surface area contributed by atoms with Gasteiger partial charge < -0.3 is 15.7 Å². The largest absolute Gasteiger partial charge is 0.393 e. The molecule has 1 atom stereocenters. The van der Waals surface area contributed by atoms with E-state index in [1.165, 1.54) is 0 Å². The molecule has 1 aromatic carbocycles. The van der Waals surface area contributed by atoms with Crippen LogP contribution in [0.1, 0.15) is 13.3 Å². The third kappa shape index (κ3) is 5.68. The highest BCUT2D eigenvalue weighted by molar-refractivity contribution is 6.33. The van der Waals surface area contributed by atoms with Gasteiger partial charge in [-0.05, 0) is 32.0 Å². The molecule has 1 unspecified atom stereocenters. The van der Waals surface area contributed by atoms with Gasteiger partial charge in [0.25, 0.3) is 0 Å². The molecule has 5 heteroatoms. The number of aliphatic hydroxyl groups is 1. The van der Waals surface area contributed by atoms with E-state index in [2.05, 4.69) is 10.6 Å². The van der Waals surface area contributed by atoms with E-state index in [9.17, 15) is 4.79 Å². The molecule has 0 heterocycles. The third-order valence-electron chi connectivity index (χ3n) is 2.17. The van der Waals surface area contributed by atoms with Crippen molar-refractivity contribution in [2.75, 3.05) is 18.4 Å². The van der Waals surface area contributed by atoms with Gasteiger partial charge in [-0.25, -0.2) is 0 Å². The molecular weight excluding hydrogens is 240 g/mol. The summed E-state index contributed by atoms with van der Waals surface area (Å²) < 4.78 is 0. The quantitative estimate of drug-likeness (QED) is 0.678. The van der Waals surface area contributed by atoms with Gasteiger partial charge in [0.05, 0.1) is 23.4 Å². The number of carbonyl (C=O) groups is 1. The number of aliphatic hydroxyl groups excluding tert-OH is 1. The van der Waals surface area contributed by atoms with Crippen molar-refractivity contribution in [1.29, 1.82) is 0 Å². The molecular formula is C12H17ClN2O2. The zero-order valence-corrected chi connectivity index (χ0v) is 10.5. The molecule has 0 spiro atoms. The molecule has 0 saturated carbocycles. The third-order valence-corrected chi connectivity index (χ3v) is 2.50. The summed E-state index contributed by atoms with van der Waals surface area (Å²) in [6.45, 7) is 2.52. The summed E-state index contributed by atoms with van der Waals surface area (Å²) in [6, 6.07) is 7.08. The minimum Gasteiger partial charge on any atom is -0.393 e. The average Bonchev–Trinajstić information content (AvgIpc) is 2.27. The highest BCUT2D eigenvalue weighted by atomic mass is 35.5. The fourth-order valence-corrected chi connectivity index (χ4v) is 1.45. The number of halogens is 1. The lowest BCUT2D eigenvalue weighted by Gasteiger charge is -2.08. The van der Waals surface area contributed by atoms with Crippen LogP contribution in [0.25, 0.3) is 0 Å². The first-order chi connectivity index (χ1) is 8.09. The molecule has 0 aromatic heterocycles. The van der Waals surface area contributed by atoms with Gasteiger partial charge in [-0.15, -0.1) is 0 Å². The Bertz CT molecular complexity index is 369. The van der Waals surface area contributed by atoms with Crippen molar-refractivity contribution < 1.29 is 9.90 Å². The second kappa shape index (κ2) is 7.27. The molecule has 17 heavy (non-hydrogen) atoms. The minimum atomic E-state index is -0.353. The Labute approximate surface area is 106 Å². The number of benzene rings is 1. The van der Waals surface area contributed by atoms with Crippen LogP contribution in [0, 0.1) is 0 Å². The molecule has 0 aliphatic heterocycles. The lowest BCUT2D eigenvalue weighted by Crippen LogP contribution is -2.30. The van der Waals surface area contributed by atoms with Crippen molar-refractivity contribution in [2.24, 2.45) is 0 Å². The van der Waals surface area contributed by atoms with Gasteiger partial charge in [0.1, 0.15) is 0 Å². The van der Waals surface area contributed by atoms with Crippen LogP contribution in [-0.4, -0.2) is 30.2 Å². The highest BCUT2D eigenvalue weighted by Gasteiger charge is 2.04. The number of anilines is 1. The van der Waals surface area contributed by atoms with E-state index < -0.39 is 0 Å². The van der Waals surface area contributed by atoms with Crippen LogP contribution in [-0.2, 0) is 4.79 Å². The molecule has 1 amide bonds. The zero-order valence-electron chi connectivity index (χ0n) is 9.74. The Morgan fingerprint density at radius 1 is 1.47 bits per heavy atom. The molecule has 0 aliphatic rings. The Morgan fingerprint density at radius 2 is 2.18 bits per heavy atom. The van der Waals surface area contributed by atoms with Gasteiger partial charge in [-0.1, -0.05) is 23.7 Å². The van der Waals surface area contributed by atoms with Crippen LogP contribution < -0.4 is 10.6 Å². The SMILES string of the molecule is CC(O)CCNCC(=O)Nc1ccccc1Cl. The van der Waals surface area contributed by atoms with Gasteiger partial charge in [-0.3, -0.25) is 4.79 Å². The Kier molecular flexibility index (Phi) is 5.97. The minimum absolute atomic E-state index is 0.149. The van der Waals surface area contributed by atoms with Crippen molar-refractivity contribution in [3.63, 3.8) is 0 Å². The van der Waals surface area contributed by atoms with E-state index >= 15 is 0 Å². The van der Waals surface area contributed by atoms with Crippen LogP contribution >= 0.6 is 11.6 Å². The second-order valence-corrected chi connectivity index (χ2v) is 4.25. The lowest BCUT2D eigenvalue weighted by atomic mass is 10.3. The molecule has 1 rings (SSSR count). The molecule has 1 aromatic rings. The Morgan fingerprint density at radius 3 is 2.82 bits per heavy atom. The number of amides is 1. The van der Waals surface area contributed by atoms with Crippen LogP contribution in [0.2, 0.25) is 5.02 Å². The number of para-hydroxylation sites is 1. The maximum Gasteiger partial charge on any atom is 0.238 e. The Balaban J connectivity index is 2.28. The first-order valence-corrected chi connectivity index (χ1v) is 5.90.